The third-order valence-electron chi connectivity index (χ3n) is 4.75. The van der Waals surface area contributed by atoms with Gasteiger partial charge in [-0.25, -0.2) is 0 Å². The van der Waals surface area contributed by atoms with E-state index in [-0.39, 0.29) is 18.1 Å². The maximum Gasteiger partial charge on any atom is 0.223 e. The number of amides is 1. The van der Waals surface area contributed by atoms with Crippen LogP contribution in [0.3, 0.4) is 0 Å². The van der Waals surface area contributed by atoms with Crippen LogP contribution in [-0.4, -0.2) is 50.4 Å². The molecule has 0 atom stereocenters. The van der Waals surface area contributed by atoms with E-state index in [4.69, 9.17) is 4.74 Å². The van der Waals surface area contributed by atoms with Crippen molar-refractivity contribution < 1.29 is 14.3 Å². The molecule has 24 heavy (non-hydrogen) atoms. The minimum absolute atomic E-state index is 0.00918. The lowest BCUT2D eigenvalue weighted by Crippen LogP contribution is -2.39. The molecule has 1 aromatic carbocycles. The monoisotopic (exact) mass is 332 g/mol. The number of carbonyl (C=O) groups is 2. The molecule has 0 radical (unpaired) electrons. The van der Waals surface area contributed by atoms with Crippen molar-refractivity contribution in [1.82, 2.24) is 10.2 Å². The number of ether oxygens (including phenoxy) is 1. The number of carbonyl (C=O) groups excluding carboxylic acids is 2. The average Bonchev–Trinajstić information content (AvgIpc) is 2.64. The average molecular weight is 332 g/mol. The topological polar surface area (TPSA) is 58.6 Å². The van der Waals surface area contributed by atoms with Gasteiger partial charge in [-0.2, -0.15) is 0 Å². The van der Waals surface area contributed by atoms with Crippen LogP contribution in [0.4, 0.5) is 0 Å². The van der Waals surface area contributed by atoms with E-state index in [1.807, 2.05) is 11.9 Å². The number of hydrogen-bond donors (Lipinski definition) is 1. The molecule has 132 valence electrons. The molecule has 1 aliphatic rings. The van der Waals surface area contributed by atoms with Gasteiger partial charge in [-0.15, -0.1) is 0 Å². The second-order valence-corrected chi connectivity index (χ2v) is 6.37. The Bertz CT molecular complexity index is 534. The molecule has 0 aliphatic carbocycles. The number of benzene rings is 1. The van der Waals surface area contributed by atoms with Gasteiger partial charge in [0, 0.05) is 31.5 Å². The Hall–Kier alpha value is -1.88. The zero-order chi connectivity index (χ0) is 17.4. The Labute approximate surface area is 144 Å². The van der Waals surface area contributed by atoms with Gasteiger partial charge in [0.15, 0.2) is 5.78 Å². The van der Waals surface area contributed by atoms with E-state index in [0.717, 1.165) is 38.2 Å². The molecule has 1 aromatic rings. The molecule has 5 nitrogen and oxygen atoms in total. The van der Waals surface area contributed by atoms with Crippen LogP contribution in [0.25, 0.3) is 0 Å². The number of rotatable bonds is 8. The van der Waals surface area contributed by atoms with Crippen LogP contribution in [0.15, 0.2) is 24.3 Å². The van der Waals surface area contributed by atoms with Crippen molar-refractivity contribution >= 4 is 11.7 Å². The van der Waals surface area contributed by atoms with Crippen LogP contribution in [0.1, 0.15) is 42.5 Å². The summed E-state index contributed by atoms with van der Waals surface area (Å²) in [6.45, 7) is 2.68. The summed E-state index contributed by atoms with van der Waals surface area (Å²) in [5.41, 5.74) is 0.634. The first kappa shape index (κ1) is 18.5. The van der Waals surface area contributed by atoms with Crippen LogP contribution < -0.4 is 10.1 Å². The van der Waals surface area contributed by atoms with Gasteiger partial charge in [0.05, 0.1) is 7.11 Å². The first-order chi connectivity index (χ1) is 11.6. The maximum atomic E-state index is 12.3. The van der Waals surface area contributed by atoms with Gasteiger partial charge in [0.1, 0.15) is 5.75 Å². The summed E-state index contributed by atoms with van der Waals surface area (Å²) in [5.74, 6) is 1.55. The normalized spacial score (nSPS) is 15.3. The van der Waals surface area contributed by atoms with E-state index in [2.05, 4.69) is 5.32 Å². The molecule has 1 amide bonds. The van der Waals surface area contributed by atoms with E-state index in [1.54, 1.807) is 31.4 Å². The van der Waals surface area contributed by atoms with Gasteiger partial charge in [-0.05, 0) is 63.0 Å². The van der Waals surface area contributed by atoms with Crippen molar-refractivity contribution in [2.45, 2.75) is 32.1 Å². The molecule has 2 rings (SSSR count). The lowest BCUT2D eigenvalue weighted by molar-refractivity contribution is -0.132. The van der Waals surface area contributed by atoms with Gasteiger partial charge >= 0.3 is 0 Å². The van der Waals surface area contributed by atoms with Crippen molar-refractivity contribution in [3.8, 4) is 5.75 Å². The summed E-state index contributed by atoms with van der Waals surface area (Å²) in [6.07, 6.45) is 3.88. The predicted octanol–water partition coefficient (Wildman–Crippen LogP) is 2.51. The second-order valence-electron chi connectivity index (χ2n) is 6.37. The van der Waals surface area contributed by atoms with Gasteiger partial charge < -0.3 is 15.0 Å². The fraction of sp³-hybridized carbons (Fsp3) is 0.579. The number of likely N-dealkylation sites (tertiary alicyclic amines) is 1. The summed E-state index contributed by atoms with van der Waals surface area (Å²) >= 11 is 0. The minimum atomic E-state index is 0.00918. The van der Waals surface area contributed by atoms with E-state index >= 15 is 0 Å². The Kier molecular flexibility index (Phi) is 7.25. The zero-order valence-corrected chi connectivity index (χ0v) is 14.7. The number of ketones is 1. The number of nitrogens with zero attached hydrogens (tertiary/aromatic N) is 1. The summed E-state index contributed by atoms with van der Waals surface area (Å²) < 4.78 is 5.08. The van der Waals surface area contributed by atoms with E-state index in [9.17, 15) is 9.59 Å². The molecular formula is C19H28N2O3. The molecule has 1 aliphatic heterocycles. The lowest BCUT2D eigenvalue weighted by Gasteiger charge is -2.32. The van der Waals surface area contributed by atoms with Crippen LogP contribution in [0, 0.1) is 5.92 Å². The summed E-state index contributed by atoms with van der Waals surface area (Å²) in [5, 5.41) is 3.18. The Balaban J connectivity index is 1.73. The van der Waals surface area contributed by atoms with Crippen molar-refractivity contribution in [3.05, 3.63) is 29.8 Å². The largest absolute Gasteiger partial charge is 0.497 e. The highest BCUT2D eigenvalue weighted by atomic mass is 16.5. The van der Waals surface area contributed by atoms with Crippen LogP contribution in [0.5, 0.6) is 5.75 Å². The van der Waals surface area contributed by atoms with Crippen LogP contribution >= 0.6 is 0 Å². The smallest absolute Gasteiger partial charge is 0.223 e. The third-order valence-corrected chi connectivity index (χ3v) is 4.75. The Morgan fingerprint density at radius 3 is 2.42 bits per heavy atom. The van der Waals surface area contributed by atoms with Gasteiger partial charge in [-0.3, -0.25) is 9.59 Å². The SMILES string of the molecule is CNCCC1CCN(C(=O)CCC(=O)c2ccc(OC)cc2)CC1. The molecule has 1 N–H and O–H groups in total. The highest BCUT2D eigenvalue weighted by Gasteiger charge is 2.22. The van der Waals surface area contributed by atoms with Crippen molar-refractivity contribution in [1.29, 1.82) is 0 Å². The summed E-state index contributed by atoms with van der Waals surface area (Å²) in [6, 6.07) is 7.04. The Morgan fingerprint density at radius 1 is 1.17 bits per heavy atom. The molecule has 0 unspecified atom stereocenters. The quantitative estimate of drug-likeness (QED) is 0.743. The molecule has 0 bridgehead atoms. The van der Waals surface area contributed by atoms with Crippen molar-refractivity contribution in [2.24, 2.45) is 5.92 Å². The summed E-state index contributed by atoms with van der Waals surface area (Å²) in [4.78, 5) is 26.4. The second kappa shape index (κ2) is 9.42. The lowest BCUT2D eigenvalue weighted by atomic mass is 9.93. The zero-order valence-electron chi connectivity index (χ0n) is 14.7. The number of Topliss-reactive ketones (excluding diaryl/α,β-unsaturated/α-hetero) is 1. The molecule has 5 heteroatoms. The van der Waals surface area contributed by atoms with Gasteiger partial charge in [-0.1, -0.05) is 0 Å². The van der Waals surface area contributed by atoms with E-state index in [0.29, 0.717) is 17.9 Å². The highest BCUT2D eigenvalue weighted by Crippen LogP contribution is 2.21. The number of piperidine rings is 1. The third kappa shape index (κ3) is 5.34. The first-order valence-electron chi connectivity index (χ1n) is 8.73. The van der Waals surface area contributed by atoms with Crippen molar-refractivity contribution in [3.63, 3.8) is 0 Å². The first-order valence-corrected chi connectivity index (χ1v) is 8.73. The number of nitrogens with one attached hydrogen (secondary N) is 1. The van der Waals surface area contributed by atoms with E-state index < -0.39 is 0 Å². The standard InChI is InChI=1S/C19H28N2O3/c1-20-12-9-15-10-13-21(14-11-15)19(23)8-7-18(22)16-3-5-17(24-2)6-4-16/h3-6,15,20H,7-14H2,1-2H3. The van der Waals surface area contributed by atoms with E-state index in [1.165, 1.54) is 6.42 Å². The van der Waals surface area contributed by atoms with Crippen molar-refractivity contribution in [2.75, 3.05) is 33.8 Å². The number of methoxy groups -OCH3 is 1. The predicted molar refractivity (Wildman–Crippen MR) is 94.4 cm³/mol. The molecule has 0 spiro atoms. The maximum absolute atomic E-state index is 12.3. The Morgan fingerprint density at radius 2 is 1.83 bits per heavy atom. The van der Waals surface area contributed by atoms with Crippen LogP contribution in [0.2, 0.25) is 0 Å². The molecular weight excluding hydrogens is 304 g/mol. The molecule has 1 heterocycles. The van der Waals surface area contributed by atoms with Gasteiger partial charge in [0.2, 0.25) is 5.91 Å². The molecule has 1 saturated heterocycles. The fourth-order valence-electron chi connectivity index (χ4n) is 3.12. The molecule has 0 saturated carbocycles. The summed E-state index contributed by atoms with van der Waals surface area (Å²) in [7, 11) is 3.57. The number of hydrogen-bond acceptors (Lipinski definition) is 4. The van der Waals surface area contributed by atoms with Gasteiger partial charge in [0.25, 0.3) is 0 Å². The highest BCUT2D eigenvalue weighted by molar-refractivity contribution is 5.98. The molecule has 0 aromatic heterocycles. The van der Waals surface area contributed by atoms with Crippen LogP contribution in [-0.2, 0) is 4.79 Å². The molecule has 1 fully saturated rings. The fourth-order valence-corrected chi connectivity index (χ4v) is 3.12. The minimum Gasteiger partial charge on any atom is -0.497 e.